The van der Waals surface area contributed by atoms with Crippen LogP contribution in [-0.4, -0.2) is 35.6 Å². The van der Waals surface area contributed by atoms with E-state index in [1.54, 1.807) is 24.1 Å². The number of hydrogen-bond acceptors (Lipinski definition) is 3. The lowest BCUT2D eigenvalue weighted by atomic mass is 10.0. The Labute approximate surface area is 126 Å². The molecule has 21 heavy (non-hydrogen) atoms. The molecule has 0 spiro atoms. The highest BCUT2D eigenvalue weighted by Crippen LogP contribution is 2.14. The summed E-state index contributed by atoms with van der Waals surface area (Å²) in [7, 11) is 1.70. The number of benzene rings is 1. The number of rotatable bonds is 4. The lowest BCUT2D eigenvalue weighted by Crippen LogP contribution is -2.34. The maximum atomic E-state index is 12.3. The number of carbonyl (C=O) groups excluding carboxylic acids is 1. The summed E-state index contributed by atoms with van der Waals surface area (Å²) in [4.78, 5) is 13.9. The van der Waals surface area contributed by atoms with E-state index in [4.69, 9.17) is 10.4 Å². The number of aliphatic hydroxyl groups excluding tert-OH is 1. The Morgan fingerprint density at radius 2 is 2.19 bits per heavy atom. The molecule has 1 aromatic carbocycles. The van der Waals surface area contributed by atoms with Gasteiger partial charge in [0.1, 0.15) is 0 Å². The van der Waals surface area contributed by atoms with Gasteiger partial charge in [0.15, 0.2) is 0 Å². The first-order valence-electron chi connectivity index (χ1n) is 6.85. The third-order valence-corrected chi connectivity index (χ3v) is 3.30. The van der Waals surface area contributed by atoms with E-state index in [1.807, 2.05) is 19.9 Å². The van der Waals surface area contributed by atoms with Gasteiger partial charge in [-0.05, 0) is 37.6 Å². The van der Waals surface area contributed by atoms with E-state index in [1.165, 1.54) is 0 Å². The lowest BCUT2D eigenvalue weighted by Gasteiger charge is -2.23. The molecule has 110 valence electrons. The van der Waals surface area contributed by atoms with Crippen molar-refractivity contribution in [3.8, 4) is 17.9 Å². The molecular formula is C17H20N2O2. The van der Waals surface area contributed by atoms with Crippen LogP contribution in [0, 0.1) is 30.1 Å². The Bertz CT molecular complexity index is 605. The van der Waals surface area contributed by atoms with Crippen molar-refractivity contribution in [2.75, 3.05) is 13.7 Å². The fraction of sp³-hybridized carbons (Fsp3) is 0.412. The summed E-state index contributed by atoms with van der Waals surface area (Å²) in [5.74, 6) is 5.74. The van der Waals surface area contributed by atoms with Crippen LogP contribution < -0.4 is 0 Å². The zero-order chi connectivity index (χ0) is 15.8. The van der Waals surface area contributed by atoms with Crippen molar-refractivity contribution in [3.63, 3.8) is 0 Å². The van der Waals surface area contributed by atoms with Gasteiger partial charge in [-0.2, -0.15) is 5.26 Å². The number of hydrogen-bond donors (Lipinski definition) is 1. The molecule has 0 saturated carbocycles. The molecule has 0 aliphatic heterocycles. The minimum atomic E-state index is -0.119. The summed E-state index contributed by atoms with van der Waals surface area (Å²) in [6, 6.07) is 7.32. The van der Waals surface area contributed by atoms with Crippen LogP contribution in [0.3, 0.4) is 0 Å². The predicted octanol–water partition coefficient (Wildman–Crippen LogP) is 2.10. The zero-order valence-corrected chi connectivity index (χ0v) is 12.7. The largest absolute Gasteiger partial charge is 0.395 e. The lowest BCUT2D eigenvalue weighted by molar-refractivity contribution is 0.0746. The molecule has 4 nitrogen and oxygen atoms in total. The summed E-state index contributed by atoms with van der Waals surface area (Å²) in [6.07, 6.45) is 0.750. The Hall–Kier alpha value is -2.30. The minimum absolute atomic E-state index is 0.0458. The molecule has 0 aliphatic rings. The maximum absolute atomic E-state index is 12.3. The number of aliphatic hydroxyl groups is 1. The third-order valence-electron chi connectivity index (χ3n) is 3.30. The number of nitriles is 1. The molecule has 0 saturated heterocycles. The first-order chi connectivity index (χ1) is 10.0. The van der Waals surface area contributed by atoms with E-state index in [0.29, 0.717) is 18.4 Å². The van der Waals surface area contributed by atoms with E-state index in [-0.39, 0.29) is 18.6 Å². The van der Waals surface area contributed by atoms with Crippen molar-refractivity contribution in [2.45, 2.75) is 32.7 Å². The van der Waals surface area contributed by atoms with Crippen molar-refractivity contribution < 1.29 is 9.90 Å². The topological polar surface area (TPSA) is 64.3 Å². The van der Waals surface area contributed by atoms with E-state index in [2.05, 4.69) is 17.9 Å². The van der Waals surface area contributed by atoms with Gasteiger partial charge in [0.05, 0.1) is 19.1 Å². The molecule has 0 bridgehead atoms. The van der Waals surface area contributed by atoms with Gasteiger partial charge in [0.25, 0.3) is 5.91 Å². The van der Waals surface area contributed by atoms with Gasteiger partial charge in [0.2, 0.25) is 0 Å². The highest BCUT2D eigenvalue weighted by Gasteiger charge is 2.17. The zero-order valence-electron chi connectivity index (χ0n) is 12.7. The smallest absolute Gasteiger partial charge is 0.253 e. The molecule has 1 aromatic rings. The number of aryl methyl sites for hydroxylation is 1. The molecule has 1 N–H and O–H groups in total. The van der Waals surface area contributed by atoms with Crippen LogP contribution in [0.1, 0.15) is 41.3 Å². The van der Waals surface area contributed by atoms with Gasteiger partial charge in [0, 0.05) is 30.6 Å². The van der Waals surface area contributed by atoms with Crippen LogP contribution in [0.15, 0.2) is 18.2 Å². The van der Waals surface area contributed by atoms with Gasteiger partial charge in [-0.3, -0.25) is 4.79 Å². The fourth-order valence-corrected chi connectivity index (χ4v) is 1.82. The van der Waals surface area contributed by atoms with Crippen LogP contribution in [-0.2, 0) is 0 Å². The van der Waals surface area contributed by atoms with E-state index in [0.717, 1.165) is 11.1 Å². The van der Waals surface area contributed by atoms with Crippen molar-refractivity contribution in [2.24, 2.45) is 0 Å². The molecule has 0 radical (unpaired) electrons. The molecule has 1 rings (SSSR count). The van der Waals surface area contributed by atoms with Gasteiger partial charge in [-0.1, -0.05) is 11.8 Å². The summed E-state index contributed by atoms with van der Waals surface area (Å²) in [5, 5.41) is 17.4. The average molecular weight is 284 g/mol. The second kappa shape index (κ2) is 8.09. The molecule has 1 unspecified atom stereocenters. The SMILES string of the molecule is Cc1cc(C(=O)N(C)C(C)CC#N)ccc1C#CCCO. The van der Waals surface area contributed by atoms with Crippen LogP contribution in [0.5, 0.6) is 0 Å². The van der Waals surface area contributed by atoms with Crippen molar-refractivity contribution in [1.82, 2.24) is 4.90 Å². The molecule has 0 fully saturated rings. The molecule has 0 aromatic heterocycles. The predicted molar refractivity (Wildman–Crippen MR) is 81.5 cm³/mol. The third kappa shape index (κ3) is 4.63. The van der Waals surface area contributed by atoms with Gasteiger partial charge >= 0.3 is 0 Å². The fourth-order valence-electron chi connectivity index (χ4n) is 1.82. The summed E-state index contributed by atoms with van der Waals surface area (Å²) in [6.45, 7) is 3.80. The number of carbonyl (C=O) groups is 1. The minimum Gasteiger partial charge on any atom is -0.395 e. The highest BCUT2D eigenvalue weighted by atomic mass is 16.2. The van der Waals surface area contributed by atoms with E-state index < -0.39 is 0 Å². The molecular weight excluding hydrogens is 264 g/mol. The highest BCUT2D eigenvalue weighted by molar-refractivity contribution is 5.94. The Morgan fingerprint density at radius 1 is 1.48 bits per heavy atom. The van der Waals surface area contributed by atoms with Crippen LogP contribution >= 0.6 is 0 Å². The van der Waals surface area contributed by atoms with Crippen molar-refractivity contribution in [3.05, 3.63) is 34.9 Å². The number of amides is 1. The Kier molecular flexibility index (Phi) is 6.46. The van der Waals surface area contributed by atoms with Gasteiger partial charge in [-0.25, -0.2) is 0 Å². The standard InChI is InChI=1S/C17H20N2O2/c1-13-12-16(8-7-15(13)6-4-5-11-20)17(21)19(3)14(2)9-10-18/h7-8,12,14,20H,5,9,11H2,1-3H3. The first-order valence-corrected chi connectivity index (χ1v) is 6.85. The van der Waals surface area contributed by atoms with Crippen molar-refractivity contribution >= 4 is 5.91 Å². The maximum Gasteiger partial charge on any atom is 0.253 e. The quantitative estimate of drug-likeness (QED) is 0.861. The average Bonchev–Trinajstić information content (AvgIpc) is 2.47. The molecule has 0 aliphatic carbocycles. The molecule has 0 heterocycles. The number of nitrogens with zero attached hydrogens (tertiary/aromatic N) is 2. The molecule has 4 heteroatoms. The summed E-state index contributed by atoms with van der Waals surface area (Å²) >= 11 is 0. The molecule has 1 amide bonds. The Balaban J connectivity index is 2.91. The monoisotopic (exact) mass is 284 g/mol. The van der Waals surface area contributed by atoms with E-state index >= 15 is 0 Å². The summed E-state index contributed by atoms with van der Waals surface area (Å²) in [5.41, 5.74) is 2.37. The second-order valence-electron chi connectivity index (χ2n) is 4.93. The van der Waals surface area contributed by atoms with Gasteiger partial charge in [-0.15, -0.1) is 0 Å². The normalized spacial score (nSPS) is 11.0. The first kappa shape index (κ1) is 16.8. The van der Waals surface area contributed by atoms with E-state index in [9.17, 15) is 4.79 Å². The second-order valence-corrected chi connectivity index (χ2v) is 4.93. The van der Waals surface area contributed by atoms with Gasteiger partial charge < -0.3 is 10.0 Å². The van der Waals surface area contributed by atoms with Crippen LogP contribution in [0.25, 0.3) is 0 Å². The van der Waals surface area contributed by atoms with Crippen molar-refractivity contribution in [1.29, 1.82) is 5.26 Å². The summed E-state index contributed by atoms with van der Waals surface area (Å²) < 4.78 is 0. The molecule has 1 atom stereocenters. The Morgan fingerprint density at radius 3 is 2.76 bits per heavy atom. The van der Waals surface area contributed by atoms with Crippen LogP contribution in [0.2, 0.25) is 0 Å². The van der Waals surface area contributed by atoms with Crippen LogP contribution in [0.4, 0.5) is 0 Å².